The molecule has 0 aliphatic heterocycles. The summed E-state index contributed by atoms with van der Waals surface area (Å²) in [5.41, 5.74) is 9.94. The number of phenols is 2. The van der Waals surface area contributed by atoms with E-state index in [9.17, 15) is 20.3 Å². The molecule has 5 rings (SSSR count). The first kappa shape index (κ1) is 26.9. The SMILES string of the molecule is Cc1c(C)c(C)c2c(c1O)c1c(C)c(B(O)O)c(O)c(C)c1n2-c1ccc(-c2ccc(C(C)(C)C)cc2)cc1. The molecule has 1 aromatic heterocycles. The van der Waals surface area contributed by atoms with Gasteiger partial charge in [-0.1, -0.05) is 57.2 Å². The summed E-state index contributed by atoms with van der Waals surface area (Å²) in [4.78, 5) is 0. The average molecular weight is 521 g/mol. The third kappa shape index (κ3) is 4.01. The quantitative estimate of drug-likeness (QED) is 0.208. The van der Waals surface area contributed by atoms with Crippen molar-refractivity contribution in [3.05, 3.63) is 81.9 Å². The molecule has 5 nitrogen and oxygen atoms in total. The van der Waals surface area contributed by atoms with Crippen molar-refractivity contribution < 1.29 is 20.3 Å². The number of benzene rings is 4. The van der Waals surface area contributed by atoms with Crippen LogP contribution in [0.15, 0.2) is 48.5 Å². The molecule has 5 aromatic rings. The van der Waals surface area contributed by atoms with Crippen LogP contribution < -0.4 is 5.46 Å². The number of nitrogens with zero attached hydrogens (tertiary/aromatic N) is 1. The zero-order valence-electron chi connectivity index (χ0n) is 23.9. The minimum Gasteiger partial charge on any atom is -0.508 e. The molecule has 6 heteroatoms. The lowest BCUT2D eigenvalue weighted by Gasteiger charge is -2.19. The van der Waals surface area contributed by atoms with Gasteiger partial charge in [0.25, 0.3) is 0 Å². The van der Waals surface area contributed by atoms with E-state index in [1.807, 2.05) is 20.8 Å². The van der Waals surface area contributed by atoms with Gasteiger partial charge in [-0.15, -0.1) is 0 Å². The Bertz CT molecular complexity index is 1760. The average Bonchev–Trinajstić information content (AvgIpc) is 3.26. The smallest absolute Gasteiger partial charge is 0.492 e. The fourth-order valence-electron chi connectivity index (χ4n) is 5.87. The van der Waals surface area contributed by atoms with Gasteiger partial charge in [0.15, 0.2) is 0 Å². The lowest BCUT2D eigenvalue weighted by atomic mass is 9.74. The molecule has 0 saturated heterocycles. The van der Waals surface area contributed by atoms with Gasteiger partial charge in [0, 0.05) is 22.1 Å². The Kier molecular flexibility index (Phi) is 6.32. The second kappa shape index (κ2) is 9.18. The summed E-state index contributed by atoms with van der Waals surface area (Å²) in [6, 6.07) is 16.9. The van der Waals surface area contributed by atoms with E-state index in [4.69, 9.17) is 0 Å². The Balaban J connectivity index is 1.82. The molecule has 0 radical (unpaired) electrons. The molecule has 0 fully saturated rings. The van der Waals surface area contributed by atoms with Gasteiger partial charge in [-0.05, 0) is 91.1 Å². The summed E-state index contributed by atoms with van der Waals surface area (Å²) in [7, 11) is -1.84. The summed E-state index contributed by atoms with van der Waals surface area (Å²) >= 11 is 0. The first-order chi connectivity index (χ1) is 18.3. The molecule has 0 saturated carbocycles. The number of hydrogen-bond donors (Lipinski definition) is 4. The maximum atomic E-state index is 11.4. The van der Waals surface area contributed by atoms with Crippen molar-refractivity contribution in [2.24, 2.45) is 0 Å². The Morgan fingerprint density at radius 3 is 1.62 bits per heavy atom. The fourth-order valence-corrected chi connectivity index (χ4v) is 5.87. The van der Waals surface area contributed by atoms with E-state index in [2.05, 4.69) is 73.9 Å². The predicted octanol–water partition coefficient (Wildman–Crippen LogP) is 6.38. The van der Waals surface area contributed by atoms with E-state index in [0.29, 0.717) is 21.9 Å². The minimum atomic E-state index is -1.84. The highest BCUT2D eigenvalue weighted by Crippen LogP contribution is 2.45. The van der Waals surface area contributed by atoms with Crippen LogP contribution in [0.1, 0.15) is 54.2 Å². The molecule has 0 spiro atoms. The van der Waals surface area contributed by atoms with Crippen molar-refractivity contribution in [1.29, 1.82) is 0 Å². The van der Waals surface area contributed by atoms with Crippen LogP contribution in [0, 0.1) is 34.6 Å². The topological polar surface area (TPSA) is 85.8 Å². The van der Waals surface area contributed by atoms with Crippen molar-refractivity contribution in [2.75, 3.05) is 0 Å². The summed E-state index contributed by atoms with van der Waals surface area (Å²) in [5.74, 6) is 0.0131. The first-order valence-corrected chi connectivity index (χ1v) is 13.3. The van der Waals surface area contributed by atoms with Crippen LogP contribution in [0.3, 0.4) is 0 Å². The van der Waals surface area contributed by atoms with E-state index in [1.54, 1.807) is 13.8 Å². The van der Waals surface area contributed by atoms with Crippen molar-refractivity contribution in [3.63, 3.8) is 0 Å². The third-order valence-electron chi connectivity index (χ3n) is 8.46. The van der Waals surface area contributed by atoms with Crippen LogP contribution in [-0.2, 0) is 5.41 Å². The molecule has 200 valence electrons. The van der Waals surface area contributed by atoms with Gasteiger partial charge in [0.1, 0.15) is 11.5 Å². The van der Waals surface area contributed by atoms with Crippen molar-refractivity contribution in [3.8, 4) is 28.3 Å². The van der Waals surface area contributed by atoms with E-state index >= 15 is 0 Å². The standard InChI is InChI=1S/C33H36BNO4/c1-17-18(2)29-27(31(36)19(17)3)26-20(4)28(34(38)39)32(37)21(5)30(26)35(29)25-15-11-23(12-16-25)22-9-13-24(14-10-22)33(6,7)8/h9-16,36-39H,1-8H3. The molecule has 4 aromatic carbocycles. The first-order valence-electron chi connectivity index (χ1n) is 13.3. The van der Waals surface area contributed by atoms with Gasteiger partial charge < -0.3 is 24.8 Å². The zero-order valence-corrected chi connectivity index (χ0v) is 23.9. The largest absolute Gasteiger partial charge is 0.508 e. The van der Waals surface area contributed by atoms with Crippen LogP contribution in [0.5, 0.6) is 11.5 Å². The van der Waals surface area contributed by atoms with Gasteiger partial charge in [-0.3, -0.25) is 0 Å². The highest BCUT2D eigenvalue weighted by atomic mass is 16.4. The number of rotatable bonds is 3. The number of phenolic OH excluding ortho intramolecular Hbond substituents is 2. The Labute approximate surface area is 230 Å². The molecule has 4 N–H and O–H groups in total. The summed E-state index contributed by atoms with van der Waals surface area (Å²) in [6.45, 7) is 16.1. The molecule has 0 amide bonds. The highest BCUT2D eigenvalue weighted by Gasteiger charge is 2.30. The zero-order chi connectivity index (χ0) is 28.5. The number of aromatic nitrogens is 1. The Hall–Kier alpha value is -3.74. The monoisotopic (exact) mass is 521 g/mol. The second-order valence-corrected chi connectivity index (χ2v) is 11.8. The van der Waals surface area contributed by atoms with Gasteiger partial charge in [0.05, 0.1) is 16.4 Å². The summed E-state index contributed by atoms with van der Waals surface area (Å²) in [5, 5.41) is 44.1. The molecular weight excluding hydrogens is 485 g/mol. The molecular formula is C33H36BNO4. The van der Waals surface area contributed by atoms with E-state index in [1.165, 1.54) is 5.56 Å². The van der Waals surface area contributed by atoms with Gasteiger partial charge >= 0.3 is 7.12 Å². The van der Waals surface area contributed by atoms with Crippen molar-refractivity contribution in [1.82, 2.24) is 4.57 Å². The third-order valence-corrected chi connectivity index (χ3v) is 8.46. The van der Waals surface area contributed by atoms with Crippen LogP contribution >= 0.6 is 0 Å². The second-order valence-electron chi connectivity index (χ2n) is 11.8. The van der Waals surface area contributed by atoms with Gasteiger partial charge in [0.2, 0.25) is 0 Å². The van der Waals surface area contributed by atoms with Gasteiger partial charge in [-0.25, -0.2) is 0 Å². The number of hydrogen-bond acceptors (Lipinski definition) is 4. The maximum Gasteiger partial charge on any atom is 0.492 e. The molecule has 1 heterocycles. The Morgan fingerprint density at radius 2 is 1.10 bits per heavy atom. The van der Waals surface area contributed by atoms with Crippen LogP contribution in [0.4, 0.5) is 0 Å². The number of fused-ring (bicyclic) bond motifs is 3. The molecule has 0 atom stereocenters. The lowest BCUT2D eigenvalue weighted by molar-refractivity contribution is 0.419. The molecule has 0 aliphatic rings. The molecule has 0 aliphatic carbocycles. The molecule has 0 unspecified atom stereocenters. The van der Waals surface area contributed by atoms with Crippen molar-refractivity contribution >= 4 is 34.4 Å². The molecule has 39 heavy (non-hydrogen) atoms. The number of aromatic hydroxyl groups is 2. The summed E-state index contributed by atoms with van der Waals surface area (Å²) in [6.07, 6.45) is 0. The summed E-state index contributed by atoms with van der Waals surface area (Å²) < 4.78 is 2.08. The van der Waals surface area contributed by atoms with Crippen LogP contribution in [-0.4, -0.2) is 31.9 Å². The van der Waals surface area contributed by atoms with E-state index in [-0.39, 0.29) is 22.4 Å². The van der Waals surface area contributed by atoms with Crippen LogP contribution in [0.25, 0.3) is 38.6 Å². The van der Waals surface area contributed by atoms with Crippen LogP contribution in [0.2, 0.25) is 0 Å². The van der Waals surface area contributed by atoms with E-state index < -0.39 is 7.12 Å². The van der Waals surface area contributed by atoms with Crippen molar-refractivity contribution in [2.45, 2.75) is 60.8 Å². The minimum absolute atomic E-state index is 0.0587. The maximum absolute atomic E-state index is 11.4. The van der Waals surface area contributed by atoms with E-state index in [0.717, 1.165) is 44.5 Å². The Morgan fingerprint density at radius 1 is 0.590 bits per heavy atom. The predicted molar refractivity (Wildman–Crippen MR) is 162 cm³/mol. The number of aryl methyl sites for hydroxylation is 3. The normalized spacial score (nSPS) is 12.1. The highest BCUT2D eigenvalue weighted by molar-refractivity contribution is 6.61. The van der Waals surface area contributed by atoms with Gasteiger partial charge in [-0.2, -0.15) is 0 Å². The lowest BCUT2D eigenvalue weighted by Crippen LogP contribution is -2.33. The molecule has 0 bridgehead atoms. The fraction of sp³-hybridized carbons (Fsp3) is 0.273.